The molecule has 3 heteroatoms. The van der Waals surface area contributed by atoms with Crippen molar-refractivity contribution < 1.29 is 9.53 Å². The van der Waals surface area contributed by atoms with E-state index in [4.69, 9.17) is 0 Å². The molecule has 1 aromatic heterocycles. The van der Waals surface area contributed by atoms with E-state index in [9.17, 15) is 4.79 Å². The van der Waals surface area contributed by atoms with E-state index in [1.54, 1.807) is 6.20 Å². The maximum atomic E-state index is 9.80. The van der Waals surface area contributed by atoms with E-state index < -0.39 is 0 Å². The first-order chi connectivity index (χ1) is 5.33. The molecule has 1 heterocycles. The summed E-state index contributed by atoms with van der Waals surface area (Å²) in [4.78, 5) is 13.8. The fourth-order valence-electron chi connectivity index (χ4n) is 0.703. The van der Waals surface area contributed by atoms with Gasteiger partial charge in [0.25, 0.3) is 6.47 Å². The molecule has 0 aliphatic carbocycles. The average Bonchev–Trinajstić information content (AvgIpc) is 2.04. The highest BCUT2D eigenvalue weighted by molar-refractivity contribution is 5.37. The van der Waals surface area contributed by atoms with E-state index in [0.717, 1.165) is 11.3 Å². The molecule has 1 aromatic rings. The number of aromatic nitrogens is 1. The van der Waals surface area contributed by atoms with Crippen LogP contribution >= 0.6 is 0 Å². The van der Waals surface area contributed by atoms with Gasteiger partial charge in [0.15, 0.2) is 0 Å². The Balaban J connectivity index is 2.58. The van der Waals surface area contributed by atoms with Crippen LogP contribution in [0.15, 0.2) is 18.3 Å². The van der Waals surface area contributed by atoms with Crippen LogP contribution in [0.1, 0.15) is 11.3 Å². The maximum absolute atomic E-state index is 9.80. The zero-order valence-corrected chi connectivity index (χ0v) is 6.28. The molecule has 0 N–H and O–H groups in total. The Labute approximate surface area is 65.0 Å². The van der Waals surface area contributed by atoms with Crippen molar-refractivity contribution in [2.75, 3.05) is 0 Å². The van der Waals surface area contributed by atoms with Crippen LogP contribution in [-0.4, -0.2) is 11.5 Å². The topological polar surface area (TPSA) is 39.2 Å². The quantitative estimate of drug-likeness (QED) is 0.606. The lowest BCUT2D eigenvalue weighted by Gasteiger charge is -1.97. The van der Waals surface area contributed by atoms with Crippen molar-refractivity contribution in [1.29, 1.82) is 0 Å². The molecule has 58 valence electrons. The third-order valence-corrected chi connectivity index (χ3v) is 1.27. The molecule has 0 fully saturated rings. The van der Waals surface area contributed by atoms with E-state index in [1.165, 1.54) is 0 Å². The van der Waals surface area contributed by atoms with Gasteiger partial charge in [-0.15, -0.1) is 0 Å². The summed E-state index contributed by atoms with van der Waals surface area (Å²) in [6, 6.07) is 3.76. The van der Waals surface area contributed by atoms with E-state index in [-0.39, 0.29) is 6.61 Å². The molecule has 1 rings (SSSR count). The zero-order chi connectivity index (χ0) is 8.10. The summed E-state index contributed by atoms with van der Waals surface area (Å²) in [7, 11) is 0. The van der Waals surface area contributed by atoms with Gasteiger partial charge < -0.3 is 4.74 Å². The Morgan fingerprint density at radius 3 is 3.00 bits per heavy atom. The summed E-state index contributed by atoms with van der Waals surface area (Å²) in [5.74, 6) is 0. The van der Waals surface area contributed by atoms with Crippen LogP contribution in [-0.2, 0) is 16.1 Å². The Morgan fingerprint density at radius 1 is 1.64 bits per heavy atom. The summed E-state index contributed by atoms with van der Waals surface area (Å²) in [6.07, 6.45) is 1.74. The second-order valence-corrected chi connectivity index (χ2v) is 2.23. The first kappa shape index (κ1) is 7.72. The monoisotopic (exact) mass is 151 g/mol. The van der Waals surface area contributed by atoms with Crippen molar-refractivity contribution in [2.45, 2.75) is 13.5 Å². The van der Waals surface area contributed by atoms with Crippen molar-refractivity contribution >= 4 is 6.47 Å². The number of ether oxygens (including phenoxy) is 1. The molecule has 3 nitrogen and oxygen atoms in total. The van der Waals surface area contributed by atoms with Gasteiger partial charge >= 0.3 is 0 Å². The minimum Gasteiger partial charge on any atom is -0.461 e. The van der Waals surface area contributed by atoms with Crippen molar-refractivity contribution in [2.24, 2.45) is 0 Å². The molecule has 0 aliphatic heterocycles. The molecule has 0 spiro atoms. The fraction of sp³-hybridized carbons (Fsp3) is 0.250. The van der Waals surface area contributed by atoms with Crippen molar-refractivity contribution in [3.05, 3.63) is 29.6 Å². The van der Waals surface area contributed by atoms with Crippen molar-refractivity contribution in [3.8, 4) is 0 Å². The second-order valence-electron chi connectivity index (χ2n) is 2.23. The van der Waals surface area contributed by atoms with E-state index in [1.807, 2.05) is 19.1 Å². The molecule has 0 radical (unpaired) electrons. The lowest BCUT2D eigenvalue weighted by molar-refractivity contribution is -0.129. The number of carbonyl (C=O) groups excluding carboxylic acids is 1. The normalized spacial score (nSPS) is 9.18. The third kappa shape index (κ3) is 2.37. The number of hydrogen-bond acceptors (Lipinski definition) is 3. The number of pyridine rings is 1. The molecule has 0 saturated carbocycles. The Kier molecular flexibility index (Phi) is 2.60. The van der Waals surface area contributed by atoms with E-state index >= 15 is 0 Å². The van der Waals surface area contributed by atoms with Gasteiger partial charge in [-0.3, -0.25) is 9.78 Å². The summed E-state index contributed by atoms with van der Waals surface area (Å²) in [6.45, 7) is 2.63. The van der Waals surface area contributed by atoms with Gasteiger partial charge in [-0.2, -0.15) is 0 Å². The van der Waals surface area contributed by atoms with Gasteiger partial charge in [-0.05, 0) is 18.6 Å². The van der Waals surface area contributed by atoms with Crippen LogP contribution in [0, 0.1) is 6.92 Å². The average molecular weight is 151 g/mol. The fourth-order valence-corrected chi connectivity index (χ4v) is 0.703. The van der Waals surface area contributed by atoms with E-state index in [0.29, 0.717) is 6.47 Å². The predicted octanol–water partition coefficient (Wildman–Crippen LogP) is 1.06. The number of rotatable bonds is 3. The molecular formula is C8H9NO2. The molecule has 0 aromatic carbocycles. The smallest absolute Gasteiger partial charge is 0.293 e. The summed E-state index contributed by atoms with van der Waals surface area (Å²) < 4.78 is 4.52. The lowest BCUT2D eigenvalue weighted by atomic mass is 10.3. The first-order valence-electron chi connectivity index (χ1n) is 3.29. The number of aryl methyl sites for hydroxylation is 1. The highest BCUT2D eigenvalue weighted by Crippen LogP contribution is 1.98. The van der Waals surface area contributed by atoms with Crippen LogP contribution in [0.2, 0.25) is 0 Å². The van der Waals surface area contributed by atoms with Gasteiger partial charge in [-0.1, -0.05) is 6.07 Å². The minimum absolute atomic E-state index is 0.254. The summed E-state index contributed by atoms with van der Waals surface area (Å²) >= 11 is 0. The van der Waals surface area contributed by atoms with Crippen molar-refractivity contribution in [1.82, 2.24) is 4.98 Å². The van der Waals surface area contributed by atoms with Crippen LogP contribution in [0.4, 0.5) is 0 Å². The Morgan fingerprint density at radius 2 is 2.45 bits per heavy atom. The lowest BCUT2D eigenvalue weighted by Crippen LogP contribution is -1.93. The number of nitrogens with zero attached hydrogens (tertiary/aromatic N) is 1. The highest BCUT2D eigenvalue weighted by atomic mass is 16.5. The minimum atomic E-state index is 0.254. The number of hydrogen-bond donors (Lipinski definition) is 0. The molecule has 0 aliphatic rings. The van der Waals surface area contributed by atoms with Crippen LogP contribution in [0.25, 0.3) is 0 Å². The standard InChI is InChI=1S/C8H9NO2/c1-7-2-3-8(9-4-7)5-11-6-10/h2-4,6H,5H2,1H3. The largest absolute Gasteiger partial charge is 0.461 e. The molecule has 0 unspecified atom stereocenters. The molecule has 0 amide bonds. The highest BCUT2D eigenvalue weighted by Gasteiger charge is 1.91. The third-order valence-electron chi connectivity index (χ3n) is 1.27. The van der Waals surface area contributed by atoms with Crippen LogP contribution < -0.4 is 0 Å². The molecule has 0 atom stereocenters. The Hall–Kier alpha value is -1.38. The SMILES string of the molecule is Cc1ccc(COC=O)nc1. The maximum Gasteiger partial charge on any atom is 0.293 e. The Bertz CT molecular complexity index is 230. The van der Waals surface area contributed by atoms with Crippen molar-refractivity contribution in [3.63, 3.8) is 0 Å². The molecule has 0 saturated heterocycles. The van der Waals surface area contributed by atoms with E-state index in [2.05, 4.69) is 9.72 Å². The molecular weight excluding hydrogens is 142 g/mol. The van der Waals surface area contributed by atoms with Gasteiger partial charge in [-0.25, -0.2) is 0 Å². The van der Waals surface area contributed by atoms with Gasteiger partial charge in [0.1, 0.15) is 6.61 Å². The van der Waals surface area contributed by atoms with Gasteiger partial charge in [0.2, 0.25) is 0 Å². The molecule has 11 heavy (non-hydrogen) atoms. The summed E-state index contributed by atoms with van der Waals surface area (Å²) in [5.41, 5.74) is 1.86. The molecule has 0 bridgehead atoms. The number of carbonyl (C=O) groups is 1. The first-order valence-corrected chi connectivity index (χ1v) is 3.29. The predicted molar refractivity (Wildman–Crippen MR) is 39.8 cm³/mol. The zero-order valence-electron chi connectivity index (χ0n) is 6.28. The van der Waals surface area contributed by atoms with Crippen LogP contribution in [0.5, 0.6) is 0 Å². The van der Waals surface area contributed by atoms with Gasteiger partial charge in [0.05, 0.1) is 5.69 Å². The summed E-state index contributed by atoms with van der Waals surface area (Å²) in [5, 5.41) is 0. The second kappa shape index (κ2) is 3.71. The van der Waals surface area contributed by atoms with Gasteiger partial charge in [0, 0.05) is 6.20 Å². The van der Waals surface area contributed by atoms with Crippen LogP contribution in [0.3, 0.4) is 0 Å².